The molecule has 3 aromatic rings. The van der Waals surface area contributed by atoms with Crippen molar-refractivity contribution in [3.05, 3.63) is 106 Å². The second-order valence-corrected chi connectivity index (χ2v) is 8.17. The van der Waals surface area contributed by atoms with Gasteiger partial charge >= 0.3 is 5.97 Å². The maximum absolute atomic E-state index is 12.8. The summed E-state index contributed by atoms with van der Waals surface area (Å²) in [6.45, 7) is 1.91. The lowest BCUT2D eigenvalue weighted by molar-refractivity contribution is -0.137. The first kappa shape index (κ1) is 21.0. The number of carbonyl (C=O) groups excluding carboxylic acids is 2. The fourth-order valence-corrected chi connectivity index (χ4v) is 4.12. The second kappa shape index (κ2) is 9.74. The summed E-state index contributed by atoms with van der Waals surface area (Å²) in [7, 11) is 0. The number of carbonyl (C=O) groups is 2. The van der Waals surface area contributed by atoms with E-state index in [1.54, 1.807) is 6.92 Å². The summed E-state index contributed by atoms with van der Waals surface area (Å²) in [5.74, 6) is -1.32. The molecule has 0 aromatic heterocycles. The molecule has 3 aromatic carbocycles. The van der Waals surface area contributed by atoms with Gasteiger partial charge in [-0.2, -0.15) is 0 Å². The Labute approximate surface area is 184 Å². The third kappa shape index (κ3) is 5.29. The molecule has 6 aliphatic rings. The van der Waals surface area contributed by atoms with Crippen molar-refractivity contribution in [2.24, 2.45) is 0 Å². The fraction of sp³-hybridized carbons (Fsp3) is 0.286. The molecule has 0 fully saturated rings. The Bertz CT molecular complexity index is 1060. The highest BCUT2D eigenvalue weighted by Crippen LogP contribution is 2.20. The number of benzene rings is 3. The van der Waals surface area contributed by atoms with Crippen LogP contribution < -0.4 is 0 Å². The number of esters is 1. The summed E-state index contributed by atoms with van der Waals surface area (Å²) < 4.78 is 4.99. The zero-order valence-corrected chi connectivity index (χ0v) is 18.0. The van der Waals surface area contributed by atoms with Crippen molar-refractivity contribution in [3.63, 3.8) is 0 Å². The molecule has 0 saturated carbocycles. The van der Waals surface area contributed by atoms with Crippen molar-refractivity contribution in [2.75, 3.05) is 6.61 Å². The summed E-state index contributed by atoms with van der Waals surface area (Å²) in [4.78, 5) is 25.0. The van der Waals surface area contributed by atoms with Gasteiger partial charge in [-0.15, -0.1) is 0 Å². The van der Waals surface area contributed by atoms with Gasteiger partial charge in [-0.1, -0.05) is 60.7 Å². The molecule has 0 saturated heterocycles. The van der Waals surface area contributed by atoms with Gasteiger partial charge in [-0.25, -0.2) is 4.79 Å². The Morgan fingerprint density at radius 2 is 1.06 bits per heavy atom. The minimum atomic E-state index is -0.775. The summed E-state index contributed by atoms with van der Waals surface area (Å²) in [5, 5.41) is 0. The lowest BCUT2D eigenvalue weighted by atomic mass is 9.92. The zero-order valence-electron chi connectivity index (χ0n) is 18.0. The molecule has 158 valence electrons. The average molecular weight is 413 g/mol. The standard InChI is InChI=1S/C28H28O3/c1-2-31-28(30)27(29)26-19-24-14-13-22-7-5-20(6-8-22)3-4-21-9-11-23(12-10-21)15-17-25(26)18-16-24/h5-12,16,18-19H,2-4,13-15,17H2,1H3. The Kier molecular flexibility index (Phi) is 6.61. The van der Waals surface area contributed by atoms with Gasteiger partial charge in [-0.05, 0) is 84.9 Å². The molecular weight excluding hydrogens is 384 g/mol. The van der Waals surface area contributed by atoms with Crippen LogP contribution in [0.1, 0.15) is 50.7 Å². The van der Waals surface area contributed by atoms with E-state index in [1.807, 2.05) is 12.1 Å². The summed E-state index contributed by atoms with van der Waals surface area (Å²) in [6.07, 6.45) is 5.32. The maximum Gasteiger partial charge on any atom is 0.379 e. The first-order valence-corrected chi connectivity index (χ1v) is 11.1. The maximum atomic E-state index is 12.8. The van der Waals surface area contributed by atoms with Crippen LogP contribution in [0, 0.1) is 0 Å². The Morgan fingerprint density at radius 3 is 1.55 bits per heavy atom. The minimum absolute atomic E-state index is 0.196. The SMILES string of the molecule is CCOC(=O)C(=O)c1cc2ccc1CCc1ccc(cc1)CCc1ccc(cc1)CC2. The van der Waals surface area contributed by atoms with Crippen molar-refractivity contribution in [3.8, 4) is 0 Å². The monoisotopic (exact) mass is 412 g/mol. The summed E-state index contributed by atoms with van der Waals surface area (Å²) in [5.41, 5.74) is 7.62. The van der Waals surface area contributed by atoms with Gasteiger partial charge < -0.3 is 4.74 Å². The topological polar surface area (TPSA) is 43.4 Å². The highest BCUT2D eigenvalue weighted by molar-refractivity contribution is 6.41. The molecule has 0 spiro atoms. The molecule has 6 bridgehead atoms. The predicted molar refractivity (Wildman–Crippen MR) is 123 cm³/mol. The van der Waals surface area contributed by atoms with E-state index < -0.39 is 11.8 Å². The summed E-state index contributed by atoms with van der Waals surface area (Å²) in [6, 6.07) is 23.5. The van der Waals surface area contributed by atoms with Gasteiger partial charge in [0.05, 0.1) is 6.61 Å². The van der Waals surface area contributed by atoms with E-state index >= 15 is 0 Å². The number of hydrogen-bond donors (Lipinski definition) is 0. The van der Waals surface area contributed by atoms with Crippen LogP contribution in [0.3, 0.4) is 0 Å². The van der Waals surface area contributed by atoms with Gasteiger partial charge in [0.25, 0.3) is 5.78 Å². The first-order valence-electron chi connectivity index (χ1n) is 11.1. The predicted octanol–water partition coefficient (Wildman–Crippen LogP) is 5.10. The number of aryl methyl sites for hydroxylation is 6. The molecule has 31 heavy (non-hydrogen) atoms. The molecule has 3 nitrogen and oxygen atoms in total. The molecule has 0 heterocycles. The molecular formula is C28H28O3. The highest BCUT2D eigenvalue weighted by Gasteiger charge is 2.21. The number of ether oxygens (including phenoxy) is 1. The lowest BCUT2D eigenvalue weighted by Gasteiger charge is -2.12. The Morgan fingerprint density at radius 1 is 0.645 bits per heavy atom. The second-order valence-electron chi connectivity index (χ2n) is 8.17. The zero-order chi connectivity index (χ0) is 21.6. The average Bonchev–Trinajstić information content (AvgIpc) is 2.81. The van der Waals surface area contributed by atoms with E-state index in [2.05, 4.69) is 54.6 Å². The van der Waals surface area contributed by atoms with E-state index in [0.717, 1.165) is 43.2 Å². The molecule has 0 amide bonds. The minimum Gasteiger partial charge on any atom is -0.460 e. The molecule has 0 aliphatic heterocycles. The number of Topliss-reactive ketones (excluding diaryl/α,β-unsaturated/α-hetero) is 1. The van der Waals surface area contributed by atoms with Crippen LogP contribution in [0.15, 0.2) is 66.7 Å². The van der Waals surface area contributed by atoms with Gasteiger partial charge in [0, 0.05) is 5.56 Å². The number of hydrogen-bond acceptors (Lipinski definition) is 3. The van der Waals surface area contributed by atoms with Crippen molar-refractivity contribution in [1.29, 1.82) is 0 Å². The highest BCUT2D eigenvalue weighted by atomic mass is 16.5. The van der Waals surface area contributed by atoms with Crippen LogP contribution in [0.2, 0.25) is 0 Å². The third-order valence-corrected chi connectivity index (χ3v) is 6.01. The normalized spacial score (nSPS) is 13.6. The van der Waals surface area contributed by atoms with E-state index in [4.69, 9.17) is 4.74 Å². The first-order chi connectivity index (χ1) is 15.1. The van der Waals surface area contributed by atoms with E-state index in [9.17, 15) is 9.59 Å². The van der Waals surface area contributed by atoms with Crippen LogP contribution in [0.4, 0.5) is 0 Å². The molecule has 0 atom stereocenters. The van der Waals surface area contributed by atoms with E-state index in [1.165, 1.54) is 22.3 Å². The van der Waals surface area contributed by atoms with Crippen LogP contribution >= 0.6 is 0 Å². The van der Waals surface area contributed by atoms with Gasteiger partial charge in [0.15, 0.2) is 0 Å². The number of rotatable bonds is 3. The smallest absolute Gasteiger partial charge is 0.379 e. The van der Waals surface area contributed by atoms with Crippen LogP contribution in [0.5, 0.6) is 0 Å². The van der Waals surface area contributed by atoms with Gasteiger partial charge in [-0.3, -0.25) is 4.79 Å². The Hall–Kier alpha value is -3.20. The molecule has 0 unspecified atom stereocenters. The fourth-order valence-electron chi connectivity index (χ4n) is 4.12. The molecule has 3 heteroatoms. The molecule has 9 rings (SSSR count). The van der Waals surface area contributed by atoms with E-state index in [0.29, 0.717) is 12.0 Å². The van der Waals surface area contributed by atoms with Crippen molar-refractivity contribution >= 4 is 11.8 Å². The molecule has 0 N–H and O–H groups in total. The summed E-state index contributed by atoms with van der Waals surface area (Å²) >= 11 is 0. The van der Waals surface area contributed by atoms with Gasteiger partial charge in [0.1, 0.15) is 0 Å². The van der Waals surface area contributed by atoms with Crippen molar-refractivity contribution in [2.45, 2.75) is 45.4 Å². The van der Waals surface area contributed by atoms with Crippen LogP contribution in [-0.2, 0) is 48.1 Å². The Balaban J connectivity index is 1.69. The lowest BCUT2D eigenvalue weighted by Crippen LogP contribution is -2.19. The van der Waals surface area contributed by atoms with Crippen molar-refractivity contribution in [1.82, 2.24) is 0 Å². The number of ketones is 1. The van der Waals surface area contributed by atoms with Gasteiger partial charge in [0.2, 0.25) is 0 Å². The van der Waals surface area contributed by atoms with Crippen molar-refractivity contribution < 1.29 is 14.3 Å². The van der Waals surface area contributed by atoms with Crippen LogP contribution in [-0.4, -0.2) is 18.4 Å². The largest absolute Gasteiger partial charge is 0.460 e. The molecule has 0 radical (unpaired) electrons. The van der Waals surface area contributed by atoms with E-state index in [-0.39, 0.29) is 6.61 Å². The van der Waals surface area contributed by atoms with Crippen LogP contribution in [0.25, 0.3) is 0 Å². The quantitative estimate of drug-likeness (QED) is 0.341. The third-order valence-electron chi connectivity index (χ3n) is 6.01. The molecule has 6 aliphatic carbocycles.